The first-order valence-corrected chi connectivity index (χ1v) is 11.2. The zero-order valence-electron chi connectivity index (χ0n) is 20.2. The summed E-state index contributed by atoms with van der Waals surface area (Å²) in [4.78, 5) is 16.1. The number of hydrogen-bond acceptors (Lipinski definition) is 8. The van der Waals surface area contributed by atoms with Crippen LogP contribution in [0.15, 0.2) is 45.5 Å². The highest BCUT2D eigenvalue weighted by Crippen LogP contribution is 2.45. The van der Waals surface area contributed by atoms with E-state index in [4.69, 9.17) is 14.2 Å². The van der Waals surface area contributed by atoms with Crippen molar-refractivity contribution in [3.63, 3.8) is 0 Å². The molecule has 1 aliphatic rings. The van der Waals surface area contributed by atoms with Crippen molar-refractivity contribution in [1.82, 2.24) is 10.3 Å². The van der Waals surface area contributed by atoms with Crippen molar-refractivity contribution in [2.24, 2.45) is 10.2 Å². The molecule has 0 spiro atoms. The summed E-state index contributed by atoms with van der Waals surface area (Å²) in [5.74, 6) is 0.887. The Morgan fingerprint density at radius 3 is 2.47 bits per heavy atom. The number of methoxy groups -OCH3 is 3. The van der Waals surface area contributed by atoms with E-state index in [1.165, 1.54) is 0 Å². The van der Waals surface area contributed by atoms with E-state index in [1.807, 2.05) is 6.07 Å². The molecule has 182 valence electrons. The topological polar surface area (TPSA) is 118 Å². The molecule has 2 aromatic rings. The molecule has 0 saturated heterocycles. The SMILES string of the molecule is C=C(COC)NCC1=NN=C(c2c(O)c(-c3c(OC)cccc3OC)c(CCCC)[nH]c2=O)C1. The van der Waals surface area contributed by atoms with E-state index < -0.39 is 5.56 Å². The van der Waals surface area contributed by atoms with Crippen molar-refractivity contribution >= 4 is 11.4 Å². The van der Waals surface area contributed by atoms with Crippen LogP contribution in [0.2, 0.25) is 0 Å². The smallest absolute Gasteiger partial charge is 0.261 e. The quantitative estimate of drug-likeness (QED) is 0.439. The number of aromatic amines is 1. The molecule has 34 heavy (non-hydrogen) atoms. The summed E-state index contributed by atoms with van der Waals surface area (Å²) in [6.07, 6.45) is 2.67. The van der Waals surface area contributed by atoms with E-state index in [0.29, 0.717) is 65.7 Å². The molecule has 9 nitrogen and oxygen atoms in total. The fraction of sp³-hybridized carbons (Fsp3) is 0.400. The molecule has 1 aliphatic heterocycles. The van der Waals surface area contributed by atoms with Crippen molar-refractivity contribution < 1.29 is 19.3 Å². The van der Waals surface area contributed by atoms with Gasteiger partial charge in [0.2, 0.25) is 0 Å². The van der Waals surface area contributed by atoms with Crippen molar-refractivity contribution in [1.29, 1.82) is 0 Å². The van der Waals surface area contributed by atoms with Gasteiger partial charge in [-0.25, -0.2) is 0 Å². The number of hydrogen-bond donors (Lipinski definition) is 3. The highest BCUT2D eigenvalue weighted by molar-refractivity contribution is 6.17. The highest BCUT2D eigenvalue weighted by atomic mass is 16.5. The minimum absolute atomic E-state index is 0.0951. The van der Waals surface area contributed by atoms with Crippen LogP contribution in [-0.4, -0.2) is 56.0 Å². The molecule has 0 bridgehead atoms. The van der Waals surface area contributed by atoms with E-state index in [9.17, 15) is 9.90 Å². The van der Waals surface area contributed by atoms with Crippen molar-refractivity contribution in [2.75, 3.05) is 34.5 Å². The van der Waals surface area contributed by atoms with Crippen LogP contribution in [-0.2, 0) is 11.2 Å². The Labute approximate surface area is 199 Å². The fourth-order valence-corrected chi connectivity index (χ4v) is 3.90. The summed E-state index contributed by atoms with van der Waals surface area (Å²) >= 11 is 0. The Kier molecular flexibility index (Phi) is 8.48. The summed E-state index contributed by atoms with van der Waals surface area (Å²) in [5, 5.41) is 23.0. The minimum atomic E-state index is -0.409. The van der Waals surface area contributed by atoms with Crippen LogP contribution in [0, 0.1) is 0 Å². The van der Waals surface area contributed by atoms with E-state index in [1.54, 1.807) is 33.5 Å². The van der Waals surface area contributed by atoms with Gasteiger partial charge in [-0.15, -0.1) is 0 Å². The maximum atomic E-state index is 13.1. The molecule has 3 N–H and O–H groups in total. The predicted octanol–water partition coefficient (Wildman–Crippen LogP) is 3.41. The van der Waals surface area contributed by atoms with Crippen LogP contribution in [0.1, 0.15) is 37.4 Å². The van der Waals surface area contributed by atoms with Crippen LogP contribution in [0.3, 0.4) is 0 Å². The Bertz CT molecular complexity index is 1140. The average Bonchev–Trinajstić information content (AvgIpc) is 3.29. The van der Waals surface area contributed by atoms with Crippen LogP contribution in [0.5, 0.6) is 17.2 Å². The van der Waals surface area contributed by atoms with Crippen LogP contribution in [0.25, 0.3) is 11.1 Å². The lowest BCUT2D eigenvalue weighted by Gasteiger charge is -2.19. The summed E-state index contributed by atoms with van der Waals surface area (Å²) in [7, 11) is 4.70. The molecular weight excluding hydrogens is 436 g/mol. The molecule has 0 fully saturated rings. The lowest BCUT2D eigenvalue weighted by molar-refractivity contribution is 0.221. The lowest BCUT2D eigenvalue weighted by Crippen LogP contribution is -2.26. The molecule has 1 aromatic heterocycles. The Morgan fingerprint density at radius 1 is 1.15 bits per heavy atom. The molecule has 3 rings (SSSR count). The minimum Gasteiger partial charge on any atom is -0.506 e. The number of benzene rings is 1. The van der Waals surface area contributed by atoms with Gasteiger partial charge in [0.25, 0.3) is 5.56 Å². The lowest BCUT2D eigenvalue weighted by atomic mass is 9.94. The average molecular weight is 469 g/mol. The maximum absolute atomic E-state index is 13.1. The molecule has 0 saturated carbocycles. The second kappa shape index (κ2) is 11.5. The van der Waals surface area contributed by atoms with E-state index in [2.05, 4.69) is 34.0 Å². The summed E-state index contributed by atoms with van der Waals surface area (Å²) in [6, 6.07) is 5.39. The third-order valence-electron chi connectivity index (χ3n) is 5.56. The summed E-state index contributed by atoms with van der Waals surface area (Å²) < 4.78 is 16.2. The number of H-pyrrole nitrogens is 1. The zero-order valence-corrected chi connectivity index (χ0v) is 20.2. The number of unbranched alkanes of at least 4 members (excludes halogenated alkanes) is 1. The molecule has 0 aliphatic carbocycles. The first-order chi connectivity index (χ1) is 16.4. The van der Waals surface area contributed by atoms with Gasteiger partial charge >= 0.3 is 0 Å². The summed E-state index contributed by atoms with van der Waals surface area (Å²) in [5.41, 5.74) is 3.18. The predicted molar refractivity (Wildman–Crippen MR) is 133 cm³/mol. The van der Waals surface area contributed by atoms with Crippen molar-refractivity contribution in [3.8, 4) is 28.4 Å². The second-order valence-corrected chi connectivity index (χ2v) is 7.95. The van der Waals surface area contributed by atoms with E-state index in [-0.39, 0.29) is 11.3 Å². The number of ether oxygens (including phenoxy) is 3. The van der Waals surface area contributed by atoms with Crippen molar-refractivity contribution in [3.05, 3.63) is 52.1 Å². The molecule has 9 heteroatoms. The number of pyridine rings is 1. The van der Waals surface area contributed by atoms with Gasteiger partial charge in [-0.1, -0.05) is 26.0 Å². The highest BCUT2D eigenvalue weighted by Gasteiger charge is 2.28. The normalized spacial score (nSPS) is 12.8. The number of aryl methyl sites for hydroxylation is 1. The maximum Gasteiger partial charge on any atom is 0.261 e. The monoisotopic (exact) mass is 468 g/mol. The first-order valence-electron chi connectivity index (χ1n) is 11.2. The third kappa shape index (κ3) is 5.31. The first kappa shape index (κ1) is 25.0. The fourth-order valence-electron chi connectivity index (χ4n) is 3.90. The second-order valence-electron chi connectivity index (χ2n) is 7.95. The van der Waals surface area contributed by atoms with E-state index >= 15 is 0 Å². The largest absolute Gasteiger partial charge is 0.506 e. The van der Waals surface area contributed by atoms with Gasteiger partial charge in [0, 0.05) is 24.9 Å². The Morgan fingerprint density at radius 2 is 1.85 bits per heavy atom. The molecule has 0 amide bonds. The van der Waals surface area contributed by atoms with Gasteiger partial charge in [0.1, 0.15) is 22.8 Å². The van der Waals surface area contributed by atoms with Gasteiger partial charge in [0.05, 0.1) is 49.9 Å². The Hall–Kier alpha value is -3.59. The van der Waals surface area contributed by atoms with E-state index in [0.717, 1.165) is 18.6 Å². The molecule has 1 aromatic carbocycles. The molecule has 0 atom stereocenters. The standard InChI is InChI=1S/C25H32N4O5/c1-6-7-9-17-21(23-19(33-4)10-8-11-20(23)34-5)24(30)22(25(31)27-17)18-12-16(28-29-18)13-26-15(2)14-32-3/h8,10-11,26H,2,6-7,9,12-14H2,1,3-5H3,(H2,27,30,31). The number of nitrogens with zero attached hydrogens (tertiary/aromatic N) is 2. The third-order valence-corrected chi connectivity index (χ3v) is 5.56. The van der Waals surface area contributed by atoms with Gasteiger partial charge in [-0.2, -0.15) is 10.2 Å². The number of nitrogens with one attached hydrogen (secondary N) is 2. The zero-order chi connectivity index (χ0) is 24.7. The Balaban J connectivity index is 2.05. The number of rotatable bonds is 12. The van der Waals surface area contributed by atoms with Crippen LogP contribution in [0.4, 0.5) is 0 Å². The molecule has 0 unspecified atom stereocenters. The molecule has 2 heterocycles. The van der Waals surface area contributed by atoms with Gasteiger partial charge in [0.15, 0.2) is 0 Å². The van der Waals surface area contributed by atoms with Crippen LogP contribution < -0.4 is 20.3 Å². The van der Waals surface area contributed by atoms with Crippen LogP contribution >= 0.6 is 0 Å². The van der Waals surface area contributed by atoms with Gasteiger partial charge in [-0.3, -0.25) is 4.79 Å². The molecular formula is C25H32N4O5. The number of aromatic hydroxyl groups is 1. The number of aromatic nitrogens is 1. The van der Waals surface area contributed by atoms with Gasteiger partial charge < -0.3 is 29.6 Å². The molecule has 0 radical (unpaired) electrons. The van der Waals surface area contributed by atoms with Crippen molar-refractivity contribution in [2.45, 2.75) is 32.6 Å². The summed E-state index contributed by atoms with van der Waals surface area (Å²) in [6.45, 7) is 6.73. The van der Waals surface area contributed by atoms with Gasteiger partial charge in [-0.05, 0) is 25.0 Å².